The summed E-state index contributed by atoms with van der Waals surface area (Å²) < 4.78 is 27.4. The van der Waals surface area contributed by atoms with Gasteiger partial charge < -0.3 is 5.32 Å². The largest absolute Gasteiger partial charge is 0.356 e. The van der Waals surface area contributed by atoms with Crippen LogP contribution < -0.4 is 10.0 Å². The topological polar surface area (TPSA) is 88.2 Å². The molecule has 1 aromatic heterocycles. The van der Waals surface area contributed by atoms with E-state index in [9.17, 15) is 13.2 Å². The quantitative estimate of drug-likeness (QED) is 0.534. The van der Waals surface area contributed by atoms with Crippen molar-refractivity contribution in [2.45, 2.75) is 37.5 Å². The maximum Gasteiger partial charge on any atom is 0.240 e. The number of nitrogens with zero attached hydrogens (tertiary/aromatic N) is 1. The van der Waals surface area contributed by atoms with Crippen LogP contribution in [0.5, 0.6) is 0 Å². The fourth-order valence-corrected chi connectivity index (χ4v) is 4.35. The smallest absolute Gasteiger partial charge is 0.240 e. The lowest BCUT2D eigenvalue weighted by Crippen LogP contribution is -2.31. The summed E-state index contributed by atoms with van der Waals surface area (Å²) >= 11 is 4.92. The van der Waals surface area contributed by atoms with Crippen molar-refractivity contribution in [3.05, 3.63) is 44.8 Å². The van der Waals surface area contributed by atoms with E-state index in [-0.39, 0.29) is 23.8 Å². The third kappa shape index (κ3) is 7.14. The van der Waals surface area contributed by atoms with Crippen molar-refractivity contribution in [3.8, 4) is 0 Å². The van der Waals surface area contributed by atoms with E-state index in [1.165, 1.54) is 12.1 Å². The Morgan fingerprint density at radius 3 is 2.58 bits per heavy atom. The van der Waals surface area contributed by atoms with Crippen LogP contribution in [0.25, 0.3) is 0 Å². The molecule has 0 aliphatic rings. The van der Waals surface area contributed by atoms with Crippen LogP contribution in [0.15, 0.2) is 39.0 Å². The average molecular weight is 460 g/mol. The molecule has 0 aliphatic carbocycles. The van der Waals surface area contributed by atoms with E-state index >= 15 is 0 Å². The number of aryl methyl sites for hydroxylation is 2. The lowest BCUT2D eigenvalue weighted by molar-refractivity contribution is -0.120. The molecule has 0 radical (unpaired) electrons. The number of unbranched alkanes of at least 4 members (excludes halogenated alkanes) is 1. The van der Waals surface area contributed by atoms with E-state index in [1.54, 1.807) is 23.5 Å². The molecule has 1 aromatic carbocycles. The van der Waals surface area contributed by atoms with E-state index in [4.69, 9.17) is 0 Å². The second-order valence-corrected chi connectivity index (χ2v) is 9.42. The molecule has 1 amide bonds. The van der Waals surface area contributed by atoms with Crippen LogP contribution in [0.3, 0.4) is 0 Å². The summed E-state index contributed by atoms with van der Waals surface area (Å²) in [4.78, 5) is 16.4. The third-order valence-corrected chi connectivity index (χ3v) is 6.61. The van der Waals surface area contributed by atoms with Crippen molar-refractivity contribution in [1.82, 2.24) is 15.0 Å². The van der Waals surface area contributed by atoms with Crippen molar-refractivity contribution in [1.29, 1.82) is 0 Å². The van der Waals surface area contributed by atoms with Gasteiger partial charge in [0.25, 0.3) is 0 Å². The monoisotopic (exact) mass is 459 g/mol. The second-order valence-electron chi connectivity index (χ2n) is 5.79. The van der Waals surface area contributed by atoms with Gasteiger partial charge in [0.1, 0.15) is 0 Å². The Labute approximate surface area is 166 Å². The Morgan fingerprint density at radius 2 is 1.92 bits per heavy atom. The number of hydrogen-bond acceptors (Lipinski definition) is 5. The molecule has 1 heterocycles. The summed E-state index contributed by atoms with van der Waals surface area (Å²) in [6.07, 6.45) is 2.86. The molecule has 0 saturated heterocycles. The van der Waals surface area contributed by atoms with Crippen molar-refractivity contribution < 1.29 is 13.2 Å². The summed E-state index contributed by atoms with van der Waals surface area (Å²) in [6, 6.07) is 6.34. The fraction of sp³-hybridized carbons (Fsp3) is 0.412. The zero-order valence-corrected chi connectivity index (χ0v) is 17.7. The molecule has 2 rings (SSSR count). The molecule has 0 saturated carbocycles. The predicted octanol–water partition coefficient (Wildman–Crippen LogP) is 3.02. The maximum absolute atomic E-state index is 12.1. The molecule has 6 nitrogen and oxygen atoms in total. The minimum Gasteiger partial charge on any atom is -0.356 e. The normalized spacial score (nSPS) is 11.5. The van der Waals surface area contributed by atoms with E-state index < -0.39 is 10.0 Å². The average Bonchev–Trinajstić information content (AvgIpc) is 3.00. The Balaban J connectivity index is 1.60. The van der Waals surface area contributed by atoms with Gasteiger partial charge in [0.15, 0.2) is 0 Å². The third-order valence-electron chi connectivity index (χ3n) is 3.57. The number of carbonyl (C=O) groups excluding carboxylic acids is 1. The van der Waals surface area contributed by atoms with Crippen LogP contribution in [0.1, 0.15) is 30.0 Å². The highest BCUT2D eigenvalue weighted by atomic mass is 79.9. The molecule has 26 heavy (non-hydrogen) atoms. The summed E-state index contributed by atoms with van der Waals surface area (Å²) in [6.45, 7) is 2.64. The first-order valence-electron chi connectivity index (χ1n) is 8.30. The standard InChI is InChI=1S/C17H22BrN3O3S2/c1-13-12-25-17(21-13)4-2-3-10-19-16(22)9-11-20-26(23,24)15-7-5-14(18)6-8-15/h5-8,12,20H,2-4,9-11H2,1H3,(H,19,22). The molecule has 2 aromatic rings. The Morgan fingerprint density at radius 1 is 1.19 bits per heavy atom. The van der Waals surface area contributed by atoms with Gasteiger partial charge in [-0.05, 0) is 50.5 Å². The summed E-state index contributed by atoms with van der Waals surface area (Å²) in [5.41, 5.74) is 1.05. The maximum atomic E-state index is 12.1. The molecule has 0 aliphatic heterocycles. The number of hydrogen-bond donors (Lipinski definition) is 2. The van der Waals surface area contributed by atoms with Gasteiger partial charge in [-0.15, -0.1) is 11.3 Å². The number of carbonyl (C=O) groups is 1. The number of sulfonamides is 1. The van der Waals surface area contributed by atoms with E-state index in [0.29, 0.717) is 6.54 Å². The van der Waals surface area contributed by atoms with Crippen molar-refractivity contribution in [2.75, 3.05) is 13.1 Å². The van der Waals surface area contributed by atoms with Gasteiger partial charge >= 0.3 is 0 Å². The van der Waals surface area contributed by atoms with Crippen molar-refractivity contribution in [3.63, 3.8) is 0 Å². The minimum absolute atomic E-state index is 0.0720. The van der Waals surface area contributed by atoms with Crippen LogP contribution in [-0.4, -0.2) is 32.4 Å². The van der Waals surface area contributed by atoms with Crippen molar-refractivity contribution in [2.24, 2.45) is 0 Å². The fourth-order valence-electron chi connectivity index (χ4n) is 2.23. The Hall–Kier alpha value is -1.29. The summed E-state index contributed by atoms with van der Waals surface area (Å²) in [5.74, 6) is -0.159. The van der Waals surface area contributed by atoms with Gasteiger partial charge in [-0.25, -0.2) is 18.1 Å². The number of benzene rings is 1. The predicted molar refractivity (Wildman–Crippen MR) is 107 cm³/mol. The molecular formula is C17H22BrN3O3S2. The number of aromatic nitrogens is 1. The minimum atomic E-state index is -3.59. The van der Waals surface area contributed by atoms with E-state index in [1.807, 2.05) is 12.3 Å². The van der Waals surface area contributed by atoms with Crippen LogP contribution in [-0.2, 0) is 21.2 Å². The lowest BCUT2D eigenvalue weighted by atomic mass is 10.2. The lowest BCUT2D eigenvalue weighted by Gasteiger charge is -2.08. The number of thiazole rings is 1. The zero-order chi connectivity index (χ0) is 19.0. The number of nitrogens with one attached hydrogen (secondary N) is 2. The molecular weight excluding hydrogens is 438 g/mol. The number of halogens is 1. The van der Waals surface area contributed by atoms with E-state index in [2.05, 4.69) is 31.0 Å². The highest BCUT2D eigenvalue weighted by Crippen LogP contribution is 2.14. The van der Waals surface area contributed by atoms with Crippen LogP contribution in [0.2, 0.25) is 0 Å². The zero-order valence-electron chi connectivity index (χ0n) is 14.5. The first kappa shape index (κ1) is 21.0. The first-order valence-corrected chi connectivity index (χ1v) is 11.5. The summed E-state index contributed by atoms with van der Waals surface area (Å²) in [7, 11) is -3.59. The van der Waals surface area contributed by atoms with Crippen LogP contribution in [0.4, 0.5) is 0 Å². The number of rotatable bonds is 10. The van der Waals surface area contributed by atoms with Gasteiger partial charge in [0, 0.05) is 35.1 Å². The second kappa shape index (κ2) is 10.1. The number of amides is 1. The first-order chi connectivity index (χ1) is 12.4. The van der Waals surface area contributed by atoms with Crippen LogP contribution in [0, 0.1) is 6.92 Å². The van der Waals surface area contributed by atoms with Gasteiger partial charge in [-0.3, -0.25) is 4.79 Å². The van der Waals surface area contributed by atoms with Gasteiger partial charge in [0.05, 0.1) is 9.90 Å². The molecule has 9 heteroatoms. The molecule has 2 N–H and O–H groups in total. The van der Waals surface area contributed by atoms with Crippen LogP contribution >= 0.6 is 27.3 Å². The molecule has 0 bridgehead atoms. The highest BCUT2D eigenvalue weighted by Gasteiger charge is 2.13. The van der Waals surface area contributed by atoms with E-state index in [0.717, 1.165) is 34.4 Å². The van der Waals surface area contributed by atoms with Gasteiger partial charge in [0.2, 0.25) is 15.9 Å². The van der Waals surface area contributed by atoms with Gasteiger partial charge in [-0.2, -0.15) is 0 Å². The van der Waals surface area contributed by atoms with Gasteiger partial charge in [-0.1, -0.05) is 15.9 Å². The SMILES string of the molecule is Cc1csc(CCCCNC(=O)CCNS(=O)(=O)c2ccc(Br)cc2)n1. The molecule has 0 fully saturated rings. The Kier molecular flexibility index (Phi) is 8.20. The highest BCUT2D eigenvalue weighted by molar-refractivity contribution is 9.10. The summed E-state index contributed by atoms with van der Waals surface area (Å²) in [5, 5.41) is 5.97. The van der Waals surface area contributed by atoms with Crippen molar-refractivity contribution >= 4 is 43.2 Å². The molecule has 0 atom stereocenters. The molecule has 0 unspecified atom stereocenters. The molecule has 142 valence electrons. The molecule has 0 spiro atoms. The Bertz CT molecular complexity index is 820.